The predicted octanol–water partition coefficient (Wildman–Crippen LogP) is 8.12. The second kappa shape index (κ2) is 22.7. The summed E-state index contributed by atoms with van der Waals surface area (Å²) >= 11 is 5.32. The van der Waals surface area contributed by atoms with Crippen molar-refractivity contribution < 1.29 is 14.3 Å². The molecule has 166 valence electrons. The molecule has 0 radical (unpaired) electrons. The van der Waals surface area contributed by atoms with Crippen molar-refractivity contribution in [2.24, 2.45) is 0 Å². The lowest BCUT2D eigenvalue weighted by atomic mass is 10.0. The normalized spacial score (nSPS) is 10.9. The molecule has 0 bridgehead atoms. The minimum atomic E-state index is -0.200. The van der Waals surface area contributed by atoms with Crippen LogP contribution >= 0.6 is 11.6 Å². The van der Waals surface area contributed by atoms with E-state index in [1.165, 1.54) is 83.5 Å². The molecule has 0 rings (SSSR count). The number of ether oxygens (including phenoxy) is 1. The van der Waals surface area contributed by atoms with Gasteiger partial charge in [-0.3, -0.25) is 9.59 Å². The molecule has 0 aliphatic rings. The summed E-state index contributed by atoms with van der Waals surface area (Å²) in [6.07, 6.45) is 23.0. The molecule has 0 fully saturated rings. The Morgan fingerprint density at radius 2 is 0.964 bits per heavy atom. The Kier molecular flexibility index (Phi) is 22.3. The van der Waals surface area contributed by atoms with Gasteiger partial charge in [-0.05, 0) is 30.9 Å². The first-order valence-electron chi connectivity index (χ1n) is 12.0. The summed E-state index contributed by atoms with van der Waals surface area (Å²) in [5.74, 6) is -0.0102. The van der Waals surface area contributed by atoms with Crippen LogP contribution in [-0.2, 0) is 14.3 Å². The second-order valence-electron chi connectivity index (χ2n) is 8.09. The van der Waals surface area contributed by atoms with E-state index in [0.717, 1.165) is 32.1 Å². The third kappa shape index (κ3) is 23.5. The lowest BCUT2D eigenvalue weighted by molar-refractivity contribution is -0.143. The quantitative estimate of drug-likeness (QED) is 0.102. The first-order valence-corrected chi connectivity index (χ1v) is 12.4. The molecule has 0 aromatic carbocycles. The average Bonchev–Trinajstić information content (AvgIpc) is 2.67. The van der Waals surface area contributed by atoms with Crippen LogP contribution in [0.1, 0.15) is 135 Å². The fourth-order valence-electron chi connectivity index (χ4n) is 3.44. The molecular formula is C24H45ClO3. The van der Waals surface area contributed by atoms with Gasteiger partial charge < -0.3 is 4.74 Å². The third-order valence-corrected chi connectivity index (χ3v) is 5.45. The number of esters is 1. The summed E-state index contributed by atoms with van der Waals surface area (Å²) < 4.78 is 5.31. The van der Waals surface area contributed by atoms with Gasteiger partial charge in [0.1, 0.15) is 0 Å². The lowest BCUT2D eigenvalue weighted by Crippen LogP contribution is -2.05. The summed E-state index contributed by atoms with van der Waals surface area (Å²) in [5, 5.41) is -0.200. The van der Waals surface area contributed by atoms with Gasteiger partial charge in [-0.1, -0.05) is 103 Å². The standard InChI is InChI=1S/C24H45ClO3/c1-2-3-4-14-18-21-24(27)28-22-19-16-13-11-9-7-5-6-8-10-12-15-17-20-23(25)26/h2-22H2,1H3. The van der Waals surface area contributed by atoms with Crippen molar-refractivity contribution >= 4 is 22.8 Å². The van der Waals surface area contributed by atoms with E-state index in [-0.39, 0.29) is 11.2 Å². The molecule has 0 unspecified atom stereocenters. The molecule has 28 heavy (non-hydrogen) atoms. The fraction of sp³-hybridized carbons (Fsp3) is 0.917. The zero-order valence-electron chi connectivity index (χ0n) is 18.5. The highest BCUT2D eigenvalue weighted by atomic mass is 35.5. The molecule has 0 aliphatic heterocycles. The highest BCUT2D eigenvalue weighted by Crippen LogP contribution is 2.13. The monoisotopic (exact) mass is 416 g/mol. The summed E-state index contributed by atoms with van der Waals surface area (Å²) in [4.78, 5) is 22.2. The van der Waals surface area contributed by atoms with Gasteiger partial charge in [-0.15, -0.1) is 0 Å². The Hall–Kier alpha value is -0.570. The highest BCUT2D eigenvalue weighted by Gasteiger charge is 2.02. The molecule has 0 N–H and O–H groups in total. The number of carbonyl (C=O) groups excluding carboxylic acids is 2. The van der Waals surface area contributed by atoms with Crippen molar-refractivity contribution in [3.05, 3.63) is 0 Å². The van der Waals surface area contributed by atoms with Crippen LogP contribution in [0.4, 0.5) is 0 Å². The zero-order valence-corrected chi connectivity index (χ0v) is 19.2. The van der Waals surface area contributed by atoms with Crippen molar-refractivity contribution in [1.29, 1.82) is 0 Å². The first kappa shape index (κ1) is 27.4. The van der Waals surface area contributed by atoms with Crippen LogP contribution in [0, 0.1) is 0 Å². The molecule has 0 heterocycles. The number of carbonyl (C=O) groups is 2. The molecule has 0 aliphatic carbocycles. The van der Waals surface area contributed by atoms with Crippen molar-refractivity contribution in [1.82, 2.24) is 0 Å². The van der Waals surface area contributed by atoms with Gasteiger partial charge in [0.05, 0.1) is 6.61 Å². The number of hydrogen-bond acceptors (Lipinski definition) is 3. The Morgan fingerprint density at radius 3 is 1.43 bits per heavy atom. The SMILES string of the molecule is CCCCCCCC(=O)OCCCCCCCCCCCCCCCC(=O)Cl. The molecule has 4 heteroatoms. The molecule has 0 spiro atoms. The van der Waals surface area contributed by atoms with Crippen molar-refractivity contribution in [2.75, 3.05) is 6.61 Å². The maximum atomic E-state index is 11.6. The average molecular weight is 417 g/mol. The highest BCUT2D eigenvalue weighted by molar-refractivity contribution is 6.63. The molecule has 0 saturated heterocycles. The summed E-state index contributed by atoms with van der Waals surface area (Å²) in [6, 6.07) is 0. The van der Waals surface area contributed by atoms with Crippen LogP contribution in [0.3, 0.4) is 0 Å². The van der Waals surface area contributed by atoms with E-state index in [0.29, 0.717) is 19.4 Å². The minimum Gasteiger partial charge on any atom is -0.466 e. The molecule has 0 atom stereocenters. The molecular weight excluding hydrogens is 372 g/mol. The summed E-state index contributed by atoms with van der Waals surface area (Å²) in [5.41, 5.74) is 0. The van der Waals surface area contributed by atoms with Gasteiger partial charge >= 0.3 is 5.97 Å². The smallest absolute Gasteiger partial charge is 0.305 e. The van der Waals surface area contributed by atoms with Crippen molar-refractivity contribution in [3.63, 3.8) is 0 Å². The van der Waals surface area contributed by atoms with Gasteiger partial charge in [-0.25, -0.2) is 0 Å². The van der Waals surface area contributed by atoms with Gasteiger partial charge in [0.25, 0.3) is 0 Å². The molecule has 0 aromatic rings. The number of halogens is 1. The number of unbranched alkanes of at least 4 members (excludes halogenated alkanes) is 16. The van der Waals surface area contributed by atoms with Crippen LogP contribution in [0.2, 0.25) is 0 Å². The van der Waals surface area contributed by atoms with Gasteiger partial charge in [0.2, 0.25) is 5.24 Å². The molecule has 3 nitrogen and oxygen atoms in total. The van der Waals surface area contributed by atoms with Crippen LogP contribution in [0.25, 0.3) is 0 Å². The second-order valence-corrected chi connectivity index (χ2v) is 8.51. The van der Waals surface area contributed by atoms with Crippen molar-refractivity contribution in [3.8, 4) is 0 Å². The maximum Gasteiger partial charge on any atom is 0.305 e. The van der Waals surface area contributed by atoms with Gasteiger partial charge in [-0.2, -0.15) is 0 Å². The van der Waals surface area contributed by atoms with E-state index in [4.69, 9.17) is 16.3 Å². The van der Waals surface area contributed by atoms with Crippen molar-refractivity contribution in [2.45, 2.75) is 135 Å². The summed E-state index contributed by atoms with van der Waals surface area (Å²) in [7, 11) is 0. The van der Waals surface area contributed by atoms with Crippen LogP contribution < -0.4 is 0 Å². The summed E-state index contributed by atoms with van der Waals surface area (Å²) in [6.45, 7) is 2.81. The Labute approximate surface area is 179 Å². The Bertz CT molecular complexity index is 358. The molecule has 0 amide bonds. The van der Waals surface area contributed by atoms with Crippen LogP contribution in [0.15, 0.2) is 0 Å². The third-order valence-electron chi connectivity index (χ3n) is 5.27. The Morgan fingerprint density at radius 1 is 0.571 bits per heavy atom. The van der Waals surface area contributed by atoms with E-state index in [1.807, 2.05) is 0 Å². The largest absolute Gasteiger partial charge is 0.466 e. The molecule has 0 aromatic heterocycles. The van der Waals surface area contributed by atoms with Gasteiger partial charge in [0, 0.05) is 12.8 Å². The number of hydrogen-bond donors (Lipinski definition) is 0. The van der Waals surface area contributed by atoms with E-state index in [9.17, 15) is 9.59 Å². The van der Waals surface area contributed by atoms with Crippen LogP contribution in [-0.4, -0.2) is 17.8 Å². The van der Waals surface area contributed by atoms with E-state index >= 15 is 0 Å². The fourth-order valence-corrected chi connectivity index (χ4v) is 3.58. The van der Waals surface area contributed by atoms with Crippen LogP contribution in [0.5, 0.6) is 0 Å². The van der Waals surface area contributed by atoms with E-state index in [1.54, 1.807) is 0 Å². The Balaban J connectivity index is 3.11. The number of rotatable bonds is 22. The first-order chi connectivity index (χ1) is 13.7. The zero-order chi connectivity index (χ0) is 20.7. The van der Waals surface area contributed by atoms with E-state index < -0.39 is 0 Å². The lowest BCUT2D eigenvalue weighted by Gasteiger charge is -2.05. The minimum absolute atomic E-state index is 0.0102. The topological polar surface area (TPSA) is 43.4 Å². The maximum absolute atomic E-state index is 11.6. The van der Waals surface area contributed by atoms with Gasteiger partial charge in [0.15, 0.2) is 0 Å². The molecule has 0 saturated carbocycles. The predicted molar refractivity (Wildman–Crippen MR) is 120 cm³/mol. The van der Waals surface area contributed by atoms with E-state index in [2.05, 4.69) is 6.92 Å².